The third-order valence-electron chi connectivity index (χ3n) is 2.19. The lowest BCUT2D eigenvalue weighted by Gasteiger charge is -2.09. The maximum absolute atomic E-state index is 5.91. The molecule has 0 radical (unpaired) electrons. The topological polar surface area (TPSA) is 38.9 Å². The molecule has 2 heteroatoms. The summed E-state index contributed by atoms with van der Waals surface area (Å²) in [6, 6.07) is 4.43. The average molecular weight is 178 g/mol. The molecule has 0 spiro atoms. The highest BCUT2D eigenvalue weighted by Crippen LogP contribution is 2.05. The van der Waals surface area contributed by atoms with Gasteiger partial charge in [0.25, 0.3) is 0 Å². The largest absolute Gasteiger partial charge is 0.328 e. The van der Waals surface area contributed by atoms with E-state index in [1.807, 2.05) is 12.3 Å². The lowest BCUT2D eigenvalue weighted by atomic mass is 10.0. The number of nitrogens with two attached hydrogens (primary N) is 1. The summed E-state index contributed by atoms with van der Waals surface area (Å²) in [5.41, 5.74) is 7.20. The highest BCUT2D eigenvalue weighted by atomic mass is 14.6. The first-order chi connectivity index (χ1) is 6.33. The number of nitrogens with zero attached hydrogens (tertiary/aromatic N) is 1. The molecule has 2 nitrogen and oxygen atoms in total. The molecule has 1 atom stereocenters. The maximum Gasteiger partial charge on any atom is 0.0299 e. The standard InChI is InChI=1S/C11H18N2/c1-2-4-11(12)7-6-10-5-3-8-13-9-10/h3,5,8-9,11H,2,4,6-7,12H2,1H3. The second-order valence-corrected chi connectivity index (χ2v) is 3.45. The Hall–Kier alpha value is -0.890. The van der Waals surface area contributed by atoms with Gasteiger partial charge < -0.3 is 5.73 Å². The Kier molecular flexibility index (Phi) is 4.47. The van der Waals surface area contributed by atoms with Crippen LogP contribution in [0.15, 0.2) is 24.5 Å². The van der Waals surface area contributed by atoms with Crippen LogP contribution in [0.1, 0.15) is 31.7 Å². The normalized spacial score (nSPS) is 12.8. The summed E-state index contributed by atoms with van der Waals surface area (Å²) in [7, 11) is 0. The van der Waals surface area contributed by atoms with Gasteiger partial charge in [-0.1, -0.05) is 19.4 Å². The van der Waals surface area contributed by atoms with Crippen molar-refractivity contribution in [2.75, 3.05) is 0 Å². The van der Waals surface area contributed by atoms with Gasteiger partial charge in [0.15, 0.2) is 0 Å². The van der Waals surface area contributed by atoms with Crippen LogP contribution in [0.3, 0.4) is 0 Å². The first kappa shape index (κ1) is 10.2. The van der Waals surface area contributed by atoms with Crippen LogP contribution in [0, 0.1) is 0 Å². The molecule has 0 aliphatic heterocycles. The molecule has 1 aromatic rings. The molecule has 0 fully saturated rings. The molecular weight excluding hydrogens is 160 g/mol. The minimum absolute atomic E-state index is 0.352. The van der Waals surface area contributed by atoms with Gasteiger partial charge in [-0.2, -0.15) is 0 Å². The summed E-state index contributed by atoms with van der Waals surface area (Å²) in [6.45, 7) is 2.17. The van der Waals surface area contributed by atoms with Gasteiger partial charge in [0, 0.05) is 18.4 Å². The summed E-state index contributed by atoms with van der Waals surface area (Å²) >= 11 is 0. The van der Waals surface area contributed by atoms with E-state index in [9.17, 15) is 0 Å². The van der Waals surface area contributed by atoms with E-state index in [1.54, 1.807) is 6.20 Å². The van der Waals surface area contributed by atoms with Crippen molar-refractivity contribution in [3.05, 3.63) is 30.1 Å². The fraction of sp³-hybridized carbons (Fsp3) is 0.545. The monoisotopic (exact) mass is 178 g/mol. The number of hydrogen-bond donors (Lipinski definition) is 1. The molecule has 72 valence electrons. The Bertz CT molecular complexity index is 221. The van der Waals surface area contributed by atoms with E-state index in [0.717, 1.165) is 19.3 Å². The second kappa shape index (κ2) is 5.70. The smallest absolute Gasteiger partial charge is 0.0299 e. The van der Waals surface area contributed by atoms with E-state index in [2.05, 4.69) is 18.0 Å². The van der Waals surface area contributed by atoms with Gasteiger partial charge in [-0.25, -0.2) is 0 Å². The number of hydrogen-bond acceptors (Lipinski definition) is 2. The van der Waals surface area contributed by atoms with Gasteiger partial charge in [0.05, 0.1) is 0 Å². The van der Waals surface area contributed by atoms with Gasteiger partial charge in [0.1, 0.15) is 0 Å². The summed E-state index contributed by atoms with van der Waals surface area (Å²) in [5, 5.41) is 0. The van der Waals surface area contributed by atoms with Crippen LogP contribution in [-0.2, 0) is 6.42 Å². The third kappa shape index (κ3) is 4.04. The SMILES string of the molecule is CCCC(N)CCc1cccnc1. The molecule has 1 rings (SSSR count). The van der Waals surface area contributed by atoms with Gasteiger partial charge in [-0.15, -0.1) is 0 Å². The van der Waals surface area contributed by atoms with Crippen molar-refractivity contribution in [1.29, 1.82) is 0 Å². The summed E-state index contributed by atoms with van der Waals surface area (Å²) < 4.78 is 0. The number of aromatic nitrogens is 1. The molecule has 0 aliphatic carbocycles. The lowest BCUT2D eigenvalue weighted by Crippen LogP contribution is -2.20. The van der Waals surface area contributed by atoms with Crippen LogP contribution in [0.2, 0.25) is 0 Å². The van der Waals surface area contributed by atoms with Crippen molar-refractivity contribution >= 4 is 0 Å². The highest BCUT2D eigenvalue weighted by Gasteiger charge is 2.01. The Morgan fingerprint density at radius 1 is 1.46 bits per heavy atom. The molecule has 1 aromatic heterocycles. The molecule has 1 heterocycles. The van der Waals surface area contributed by atoms with E-state index in [0.29, 0.717) is 6.04 Å². The van der Waals surface area contributed by atoms with Crippen LogP contribution in [0.4, 0.5) is 0 Å². The molecule has 0 bridgehead atoms. The molecule has 0 saturated carbocycles. The maximum atomic E-state index is 5.91. The predicted molar refractivity (Wildman–Crippen MR) is 55.4 cm³/mol. The Morgan fingerprint density at radius 3 is 2.92 bits per heavy atom. The van der Waals surface area contributed by atoms with Crippen LogP contribution < -0.4 is 5.73 Å². The van der Waals surface area contributed by atoms with Gasteiger partial charge in [-0.3, -0.25) is 4.98 Å². The highest BCUT2D eigenvalue weighted by molar-refractivity contribution is 5.08. The molecule has 13 heavy (non-hydrogen) atoms. The van der Waals surface area contributed by atoms with E-state index >= 15 is 0 Å². The molecule has 2 N–H and O–H groups in total. The van der Waals surface area contributed by atoms with Crippen LogP contribution in [-0.4, -0.2) is 11.0 Å². The van der Waals surface area contributed by atoms with E-state index < -0.39 is 0 Å². The van der Waals surface area contributed by atoms with Crippen LogP contribution in [0.25, 0.3) is 0 Å². The van der Waals surface area contributed by atoms with Crippen molar-refractivity contribution in [3.8, 4) is 0 Å². The molecule has 0 aromatic carbocycles. The Morgan fingerprint density at radius 2 is 2.31 bits per heavy atom. The Balaban J connectivity index is 2.27. The second-order valence-electron chi connectivity index (χ2n) is 3.45. The molecule has 0 amide bonds. The van der Waals surface area contributed by atoms with Crippen molar-refractivity contribution in [3.63, 3.8) is 0 Å². The van der Waals surface area contributed by atoms with Gasteiger partial charge in [0.2, 0.25) is 0 Å². The number of pyridine rings is 1. The zero-order valence-electron chi connectivity index (χ0n) is 8.24. The molecule has 0 aliphatic rings. The predicted octanol–water partition coefficient (Wildman–Crippen LogP) is 2.14. The zero-order chi connectivity index (χ0) is 9.52. The fourth-order valence-corrected chi connectivity index (χ4v) is 1.41. The number of rotatable bonds is 5. The average Bonchev–Trinajstić information content (AvgIpc) is 2.17. The molecular formula is C11H18N2. The van der Waals surface area contributed by atoms with E-state index in [-0.39, 0.29) is 0 Å². The first-order valence-corrected chi connectivity index (χ1v) is 4.97. The van der Waals surface area contributed by atoms with Gasteiger partial charge in [-0.05, 0) is 30.9 Å². The van der Waals surface area contributed by atoms with Crippen molar-refractivity contribution in [1.82, 2.24) is 4.98 Å². The lowest BCUT2D eigenvalue weighted by molar-refractivity contribution is 0.560. The minimum Gasteiger partial charge on any atom is -0.328 e. The molecule has 0 saturated heterocycles. The third-order valence-corrected chi connectivity index (χ3v) is 2.19. The zero-order valence-corrected chi connectivity index (χ0v) is 8.24. The number of aryl methyl sites for hydroxylation is 1. The van der Waals surface area contributed by atoms with Crippen LogP contribution >= 0.6 is 0 Å². The van der Waals surface area contributed by atoms with Crippen molar-refractivity contribution < 1.29 is 0 Å². The summed E-state index contributed by atoms with van der Waals surface area (Å²) in [4.78, 5) is 4.07. The molecule has 1 unspecified atom stereocenters. The Labute approximate surface area is 80.2 Å². The van der Waals surface area contributed by atoms with Gasteiger partial charge >= 0.3 is 0 Å². The van der Waals surface area contributed by atoms with E-state index in [4.69, 9.17) is 5.73 Å². The summed E-state index contributed by atoms with van der Waals surface area (Å²) in [6.07, 6.45) is 8.14. The quantitative estimate of drug-likeness (QED) is 0.750. The van der Waals surface area contributed by atoms with Crippen molar-refractivity contribution in [2.24, 2.45) is 5.73 Å². The summed E-state index contributed by atoms with van der Waals surface area (Å²) in [5.74, 6) is 0. The van der Waals surface area contributed by atoms with Crippen molar-refractivity contribution in [2.45, 2.75) is 38.6 Å². The minimum atomic E-state index is 0.352. The van der Waals surface area contributed by atoms with E-state index in [1.165, 1.54) is 12.0 Å². The fourth-order valence-electron chi connectivity index (χ4n) is 1.41. The first-order valence-electron chi connectivity index (χ1n) is 4.97. The van der Waals surface area contributed by atoms with Crippen LogP contribution in [0.5, 0.6) is 0 Å².